The summed E-state index contributed by atoms with van der Waals surface area (Å²) in [5.74, 6) is 2.14. The fourth-order valence-corrected chi connectivity index (χ4v) is 3.10. The molecule has 4 heteroatoms. The van der Waals surface area contributed by atoms with Crippen LogP contribution in [0.1, 0.15) is 13.8 Å². The van der Waals surface area contributed by atoms with Crippen LogP contribution in [0, 0.1) is 0 Å². The highest BCUT2D eigenvalue weighted by Crippen LogP contribution is 2.32. The van der Waals surface area contributed by atoms with Crippen LogP contribution in [-0.2, 0) is 0 Å². The van der Waals surface area contributed by atoms with Crippen LogP contribution in [0.3, 0.4) is 0 Å². The number of anilines is 2. The molecule has 1 N–H and O–H groups in total. The third-order valence-corrected chi connectivity index (χ3v) is 4.09. The van der Waals surface area contributed by atoms with Gasteiger partial charge in [-0.2, -0.15) is 11.8 Å². The first-order valence-electron chi connectivity index (χ1n) is 5.63. The molecule has 88 valence electrons. The van der Waals surface area contributed by atoms with Crippen LogP contribution in [0.5, 0.6) is 0 Å². The molecule has 1 aliphatic rings. The van der Waals surface area contributed by atoms with E-state index >= 15 is 0 Å². The van der Waals surface area contributed by atoms with Crippen LogP contribution in [0.4, 0.5) is 11.5 Å². The van der Waals surface area contributed by atoms with Gasteiger partial charge in [0.25, 0.3) is 0 Å². The fraction of sp³-hybridized carbons (Fsp3) is 0.583. The van der Waals surface area contributed by atoms with E-state index in [1.807, 2.05) is 13.2 Å². The fourth-order valence-electron chi connectivity index (χ4n) is 1.99. The van der Waals surface area contributed by atoms with Crippen molar-refractivity contribution in [1.82, 2.24) is 4.98 Å². The Bertz CT molecular complexity index is 365. The second-order valence-corrected chi connectivity index (χ2v) is 6.48. The first kappa shape index (κ1) is 11.6. The summed E-state index contributed by atoms with van der Waals surface area (Å²) in [5.41, 5.74) is 1.27. The smallest absolute Gasteiger partial charge is 0.127 e. The van der Waals surface area contributed by atoms with Gasteiger partial charge in [0.2, 0.25) is 0 Å². The summed E-state index contributed by atoms with van der Waals surface area (Å²) in [6.45, 7) is 6.85. The number of nitrogens with one attached hydrogen (secondary N) is 1. The SMILES string of the molecule is CNc1cc(N2CCSC(C)(C)C2)ccn1. The average Bonchev–Trinajstić information content (AvgIpc) is 2.28. The summed E-state index contributed by atoms with van der Waals surface area (Å²) in [7, 11) is 1.90. The van der Waals surface area contributed by atoms with Crippen molar-refractivity contribution in [2.45, 2.75) is 18.6 Å². The van der Waals surface area contributed by atoms with E-state index in [9.17, 15) is 0 Å². The number of pyridine rings is 1. The van der Waals surface area contributed by atoms with Gasteiger partial charge in [0.05, 0.1) is 0 Å². The Kier molecular flexibility index (Phi) is 3.28. The largest absolute Gasteiger partial charge is 0.373 e. The summed E-state index contributed by atoms with van der Waals surface area (Å²) in [4.78, 5) is 6.69. The molecule has 2 heterocycles. The summed E-state index contributed by atoms with van der Waals surface area (Å²) in [5, 5.41) is 3.08. The Morgan fingerprint density at radius 2 is 2.31 bits per heavy atom. The van der Waals surface area contributed by atoms with Gasteiger partial charge in [-0.15, -0.1) is 0 Å². The molecule has 1 saturated heterocycles. The van der Waals surface area contributed by atoms with E-state index < -0.39 is 0 Å². The number of hydrogen-bond acceptors (Lipinski definition) is 4. The summed E-state index contributed by atoms with van der Waals surface area (Å²) >= 11 is 2.06. The monoisotopic (exact) mass is 237 g/mol. The van der Waals surface area contributed by atoms with Crippen LogP contribution in [0.2, 0.25) is 0 Å². The molecule has 0 radical (unpaired) electrons. The first-order chi connectivity index (χ1) is 7.61. The van der Waals surface area contributed by atoms with Crippen LogP contribution in [0.25, 0.3) is 0 Å². The lowest BCUT2D eigenvalue weighted by Gasteiger charge is -2.39. The number of nitrogens with zero attached hydrogens (tertiary/aromatic N) is 2. The predicted molar refractivity (Wildman–Crippen MR) is 72.5 cm³/mol. The van der Waals surface area contributed by atoms with Gasteiger partial charge < -0.3 is 10.2 Å². The lowest BCUT2D eigenvalue weighted by atomic mass is 10.1. The zero-order valence-electron chi connectivity index (χ0n) is 10.2. The van der Waals surface area contributed by atoms with E-state index in [4.69, 9.17) is 0 Å². The minimum Gasteiger partial charge on any atom is -0.373 e. The van der Waals surface area contributed by atoms with E-state index in [0.29, 0.717) is 4.75 Å². The van der Waals surface area contributed by atoms with Gasteiger partial charge in [0.1, 0.15) is 5.82 Å². The lowest BCUT2D eigenvalue weighted by molar-refractivity contribution is 0.647. The zero-order chi connectivity index (χ0) is 11.6. The van der Waals surface area contributed by atoms with E-state index in [2.05, 4.69) is 52.9 Å². The molecule has 0 spiro atoms. The molecule has 1 fully saturated rings. The molecule has 2 rings (SSSR count). The van der Waals surface area contributed by atoms with Crippen LogP contribution in [0.15, 0.2) is 18.3 Å². The highest BCUT2D eigenvalue weighted by atomic mass is 32.2. The van der Waals surface area contributed by atoms with Gasteiger partial charge in [-0.3, -0.25) is 0 Å². The van der Waals surface area contributed by atoms with Crippen molar-refractivity contribution in [3.8, 4) is 0 Å². The molecule has 1 aromatic rings. The van der Waals surface area contributed by atoms with Crippen molar-refractivity contribution in [2.75, 3.05) is 36.1 Å². The van der Waals surface area contributed by atoms with Gasteiger partial charge in [-0.1, -0.05) is 0 Å². The van der Waals surface area contributed by atoms with E-state index in [1.165, 1.54) is 11.4 Å². The molecule has 0 atom stereocenters. The second kappa shape index (κ2) is 4.53. The Labute approximate surface area is 102 Å². The van der Waals surface area contributed by atoms with Gasteiger partial charge in [0.15, 0.2) is 0 Å². The van der Waals surface area contributed by atoms with Crippen LogP contribution in [-0.4, -0.2) is 35.6 Å². The molecular weight excluding hydrogens is 218 g/mol. The van der Waals surface area contributed by atoms with E-state index in [-0.39, 0.29) is 0 Å². The molecule has 0 unspecified atom stereocenters. The highest BCUT2D eigenvalue weighted by Gasteiger charge is 2.27. The number of hydrogen-bond donors (Lipinski definition) is 1. The summed E-state index contributed by atoms with van der Waals surface area (Å²) < 4.78 is 0.349. The van der Waals surface area contributed by atoms with Crippen molar-refractivity contribution < 1.29 is 0 Å². The molecule has 16 heavy (non-hydrogen) atoms. The summed E-state index contributed by atoms with van der Waals surface area (Å²) in [6, 6.07) is 4.21. The normalized spacial score (nSPS) is 19.6. The lowest BCUT2D eigenvalue weighted by Crippen LogP contribution is -2.43. The molecule has 0 aromatic carbocycles. The molecule has 0 bridgehead atoms. The minimum absolute atomic E-state index is 0.349. The average molecular weight is 237 g/mol. The molecule has 0 amide bonds. The Hall–Kier alpha value is -0.900. The molecule has 0 aliphatic carbocycles. The van der Waals surface area contributed by atoms with E-state index in [1.54, 1.807) is 0 Å². The van der Waals surface area contributed by atoms with Crippen LogP contribution < -0.4 is 10.2 Å². The second-order valence-electron chi connectivity index (χ2n) is 4.68. The number of thioether (sulfide) groups is 1. The minimum atomic E-state index is 0.349. The Morgan fingerprint density at radius 1 is 1.50 bits per heavy atom. The quantitative estimate of drug-likeness (QED) is 0.855. The van der Waals surface area contributed by atoms with Crippen molar-refractivity contribution in [3.05, 3.63) is 18.3 Å². The standard InChI is InChI=1S/C12H19N3S/c1-12(2)9-15(6-7-16-12)10-4-5-14-11(8-10)13-3/h4-5,8H,6-7,9H2,1-3H3,(H,13,14). The number of rotatable bonds is 2. The highest BCUT2D eigenvalue weighted by molar-refractivity contribution is 8.00. The van der Waals surface area contributed by atoms with Gasteiger partial charge in [-0.25, -0.2) is 4.98 Å². The molecule has 1 aromatic heterocycles. The van der Waals surface area contributed by atoms with Crippen molar-refractivity contribution in [1.29, 1.82) is 0 Å². The van der Waals surface area contributed by atoms with Gasteiger partial charge >= 0.3 is 0 Å². The van der Waals surface area contributed by atoms with Crippen molar-refractivity contribution >= 4 is 23.3 Å². The third kappa shape index (κ3) is 2.61. The van der Waals surface area contributed by atoms with Crippen molar-refractivity contribution in [2.24, 2.45) is 0 Å². The zero-order valence-corrected chi connectivity index (χ0v) is 11.0. The van der Waals surface area contributed by atoms with Gasteiger partial charge in [-0.05, 0) is 19.9 Å². The molecular formula is C12H19N3S. The maximum Gasteiger partial charge on any atom is 0.127 e. The maximum absolute atomic E-state index is 4.25. The predicted octanol–water partition coefficient (Wildman–Crippen LogP) is 2.46. The summed E-state index contributed by atoms with van der Waals surface area (Å²) in [6.07, 6.45) is 1.87. The first-order valence-corrected chi connectivity index (χ1v) is 6.62. The molecule has 3 nitrogen and oxygen atoms in total. The third-order valence-electron chi connectivity index (χ3n) is 2.79. The molecule has 1 aliphatic heterocycles. The van der Waals surface area contributed by atoms with Crippen LogP contribution >= 0.6 is 11.8 Å². The Balaban J connectivity index is 2.16. The number of aromatic nitrogens is 1. The Morgan fingerprint density at radius 3 is 3.00 bits per heavy atom. The van der Waals surface area contributed by atoms with Crippen molar-refractivity contribution in [3.63, 3.8) is 0 Å². The maximum atomic E-state index is 4.25. The van der Waals surface area contributed by atoms with Gasteiger partial charge in [0, 0.05) is 48.6 Å². The topological polar surface area (TPSA) is 28.2 Å². The van der Waals surface area contributed by atoms with E-state index in [0.717, 1.165) is 18.9 Å². The molecule has 0 saturated carbocycles.